The van der Waals surface area contributed by atoms with E-state index in [0.29, 0.717) is 6.07 Å². The molecule has 0 saturated carbocycles. The molecule has 0 aliphatic heterocycles. The summed E-state index contributed by atoms with van der Waals surface area (Å²) in [6.45, 7) is 3.23. The first kappa shape index (κ1) is 13.2. The van der Waals surface area contributed by atoms with E-state index in [1.165, 1.54) is 0 Å². The van der Waals surface area contributed by atoms with E-state index in [1.807, 2.05) is 0 Å². The van der Waals surface area contributed by atoms with Gasteiger partial charge < -0.3 is 0 Å². The number of rotatable bonds is 4. The number of hydrogen-bond donors (Lipinski definition) is 0. The molecule has 0 N–H and O–H groups in total. The molecule has 0 radical (unpaired) electrons. The van der Waals surface area contributed by atoms with Gasteiger partial charge in [0.25, 0.3) is 0 Å². The fourth-order valence-electron chi connectivity index (χ4n) is 1.35. The molecule has 0 aromatic heterocycles. The second-order valence-corrected chi connectivity index (χ2v) is 3.95. The Bertz CT molecular complexity index is 472. The van der Waals surface area contributed by atoms with Crippen LogP contribution in [0.4, 0.5) is 14.5 Å². The van der Waals surface area contributed by atoms with Gasteiger partial charge in [-0.1, -0.05) is 13.8 Å². The standard InChI is InChI=1S/C11H11F2NO3/c1-6(2)10(15)4-7-3-8(12)5-9(13)11(7)14(16)17/h3,5-6H,4H2,1-2H3. The minimum Gasteiger partial charge on any atom is -0.299 e. The number of carbonyl (C=O) groups is 1. The number of benzene rings is 1. The first-order valence-corrected chi connectivity index (χ1v) is 4.98. The lowest BCUT2D eigenvalue weighted by Gasteiger charge is -2.06. The van der Waals surface area contributed by atoms with Crippen molar-refractivity contribution >= 4 is 11.5 Å². The molecule has 6 heteroatoms. The van der Waals surface area contributed by atoms with Crippen LogP contribution in [0.1, 0.15) is 19.4 Å². The summed E-state index contributed by atoms with van der Waals surface area (Å²) >= 11 is 0. The molecular formula is C11H11F2NO3. The van der Waals surface area contributed by atoms with Crippen molar-refractivity contribution in [2.45, 2.75) is 20.3 Å². The van der Waals surface area contributed by atoms with Gasteiger partial charge in [-0.2, -0.15) is 4.39 Å². The van der Waals surface area contributed by atoms with Crippen LogP contribution in [0.5, 0.6) is 0 Å². The minimum absolute atomic E-state index is 0.230. The van der Waals surface area contributed by atoms with Crippen LogP contribution in [0.2, 0.25) is 0 Å². The number of nitro groups is 1. The highest BCUT2D eigenvalue weighted by molar-refractivity contribution is 5.83. The highest BCUT2D eigenvalue weighted by atomic mass is 19.1. The summed E-state index contributed by atoms with van der Waals surface area (Å²) in [5, 5.41) is 10.6. The van der Waals surface area contributed by atoms with E-state index in [-0.39, 0.29) is 23.7 Å². The molecular weight excluding hydrogens is 232 g/mol. The number of ketones is 1. The Kier molecular flexibility index (Phi) is 3.88. The van der Waals surface area contributed by atoms with Crippen LogP contribution >= 0.6 is 0 Å². The first-order chi connectivity index (χ1) is 7.82. The fourth-order valence-corrected chi connectivity index (χ4v) is 1.35. The van der Waals surface area contributed by atoms with E-state index in [0.717, 1.165) is 6.07 Å². The van der Waals surface area contributed by atoms with E-state index < -0.39 is 22.2 Å². The maximum Gasteiger partial charge on any atom is 0.308 e. The van der Waals surface area contributed by atoms with Crippen molar-refractivity contribution in [2.75, 3.05) is 0 Å². The highest BCUT2D eigenvalue weighted by Gasteiger charge is 2.24. The summed E-state index contributed by atoms with van der Waals surface area (Å²) in [6, 6.07) is 1.25. The molecule has 0 aliphatic rings. The zero-order valence-electron chi connectivity index (χ0n) is 9.37. The number of hydrogen-bond acceptors (Lipinski definition) is 3. The molecule has 0 fully saturated rings. The van der Waals surface area contributed by atoms with Gasteiger partial charge in [-0.25, -0.2) is 4.39 Å². The first-order valence-electron chi connectivity index (χ1n) is 4.98. The van der Waals surface area contributed by atoms with Crippen LogP contribution in [-0.4, -0.2) is 10.7 Å². The van der Waals surface area contributed by atoms with Gasteiger partial charge in [0.2, 0.25) is 5.82 Å². The van der Waals surface area contributed by atoms with E-state index in [4.69, 9.17) is 0 Å². The van der Waals surface area contributed by atoms with E-state index in [1.54, 1.807) is 13.8 Å². The number of carbonyl (C=O) groups excluding carboxylic acids is 1. The quantitative estimate of drug-likeness (QED) is 0.603. The molecule has 1 aromatic carbocycles. The molecule has 0 saturated heterocycles. The van der Waals surface area contributed by atoms with Crippen molar-refractivity contribution in [3.05, 3.63) is 39.4 Å². The van der Waals surface area contributed by atoms with Crippen LogP contribution in [-0.2, 0) is 11.2 Å². The summed E-state index contributed by atoms with van der Waals surface area (Å²) in [6.07, 6.45) is -0.345. The maximum absolute atomic E-state index is 13.2. The van der Waals surface area contributed by atoms with Gasteiger partial charge >= 0.3 is 5.69 Å². The molecule has 4 nitrogen and oxygen atoms in total. The van der Waals surface area contributed by atoms with Crippen molar-refractivity contribution in [2.24, 2.45) is 5.92 Å². The average molecular weight is 243 g/mol. The van der Waals surface area contributed by atoms with Gasteiger partial charge in [-0.15, -0.1) is 0 Å². The Morgan fingerprint density at radius 1 is 1.41 bits per heavy atom. The van der Waals surface area contributed by atoms with Gasteiger partial charge in [-0.05, 0) is 6.07 Å². The Morgan fingerprint density at radius 2 is 2.00 bits per heavy atom. The Balaban J connectivity index is 3.21. The highest BCUT2D eigenvalue weighted by Crippen LogP contribution is 2.25. The fraction of sp³-hybridized carbons (Fsp3) is 0.364. The summed E-state index contributed by atoms with van der Waals surface area (Å²) in [5.41, 5.74) is -1.06. The van der Waals surface area contributed by atoms with Crippen LogP contribution in [0, 0.1) is 27.7 Å². The lowest BCUT2D eigenvalue weighted by Crippen LogP contribution is -2.12. The SMILES string of the molecule is CC(C)C(=O)Cc1cc(F)cc(F)c1[N+](=O)[O-]. The molecule has 0 spiro atoms. The maximum atomic E-state index is 13.2. The third-order valence-electron chi connectivity index (χ3n) is 2.30. The molecule has 1 rings (SSSR count). The van der Waals surface area contributed by atoms with Gasteiger partial charge in [0.15, 0.2) is 0 Å². The molecule has 0 atom stereocenters. The van der Waals surface area contributed by atoms with Crippen LogP contribution in [0.15, 0.2) is 12.1 Å². The third-order valence-corrected chi connectivity index (χ3v) is 2.30. The van der Waals surface area contributed by atoms with Gasteiger partial charge in [-0.3, -0.25) is 14.9 Å². The van der Waals surface area contributed by atoms with Crippen molar-refractivity contribution in [3.8, 4) is 0 Å². The van der Waals surface area contributed by atoms with Crippen molar-refractivity contribution in [1.82, 2.24) is 0 Å². The van der Waals surface area contributed by atoms with E-state index in [9.17, 15) is 23.7 Å². The summed E-state index contributed by atoms with van der Waals surface area (Å²) in [7, 11) is 0. The zero-order chi connectivity index (χ0) is 13.2. The molecule has 0 amide bonds. The number of nitro benzene ring substituents is 1. The van der Waals surface area contributed by atoms with Crippen LogP contribution in [0.25, 0.3) is 0 Å². The van der Waals surface area contributed by atoms with Crippen molar-refractivity contribution in [1.29, 1.82) is 0 Å². The minimum atomic E-state index is -1.26. The lowest BCUT2D eigenvalue weighted by molar-refractivity contribution is -0.388. The molecule has 0 aliphatic carbocycles. The molecule has 92 valence electrons. The second-order valence-electron chi connectivity index (χ2n) is 3.95. The normalized spacial score (nSPS) is 10.6. The second kappa shape index (κ2) is 4.99. The smallest absolute Gasteiger partial charge is 0.299 e. The molecule has 17 heavy (non-hydrogen) atoms. The molecule has 0 heterocycles. The topological polar surface area (TPSA) is 60.2 Å². The van der Waals surface area contributed by atoms with Crippen molar-refractivity contribution in [3.63, 3.8) is 0 Å². The van der Waals surface area contributed by atoms with Gasteiger partial charge in [0.05, 0.1) is 4.92 Å². The van der Waals surface area contributed by atoms with E-state index >= 15 is 0 Å². The number of halogens is 2. The third kappa shape index (κ3) is 3.05. The average Bonchev–Trinajstić information content (AvgIpc) is 2.14. The van der Waals surface area contributed by atoms with E-state index in [2.05, 4.69) is 0 Å². The van der Waals surface area contributed by atoms with Crippen LogP contribution < -0.4 is 0 Å². The zero-order valence-corrected chi connectivity index (χ0v) is 9.37. The van der Waals surface area contributed by atoms with Crippen molar-refractivity contribution < 1.29 is 18.5 Å². The molecule has 1 aromatic rings. The molecule has 0 unspecified atom stereocenters. The summed E-state index contributed by atoms with van der Waals surface area (Å²) in [4.78, 5) is 21.1. The van der Waals surface area contributed by atoms with Crippen LogP contribution in [0.3, 0.4) is 0 Å². The predicted octanol–water partition coefficient (Wildman–Crippen LogP) is 2.64. The van der Waals surface area contributed by atoms with Gasteiger partial charge in [0.1, 0.15) is 11.6 Å². The largest absolute Gasteiger partial charge is 0.308 e. The monoisotopic (exact) mass is 243 g/mol. The van der Waals surface area contributed by atoms with Gasteiger partial charge in [0, 0.05) is 24.0 Å². The lowest BCUT2D eigenvalue weighted by atomic mass is 9.99. The number of Topliss-reactive ketones (excluding diaryl/α,β-unsaturated/α-hetero) is 1. The Hall–Kier alpha value is -1.85. The summed E-state index contributed by atoms with van der Waals surface area (Å²) < 4.78 is 26.2. The Labute approximate surface area is 96.4 Å². The molecule has 0 bridgehead atoms. The number of nitrogens with zero attached hydrogens (tertiary/aromatic N) is 1. The predicted molar refractivity (Wildman–Crippen MR) is 56.6 cm³/mol. The summed E-state index contributed by atoms with van der Waals surface area (Å²) in [5.74, 6) is -2.85. The Morgan fingerprint density at radius 3 is 2.47 bits per heavy atom.